The van der Waals surface area contributed by atoms with Crippen LogP contribution in [0, 0.1) is 5.82 Å². The first-order valence-electron chi connectivity index (χ1n) is 6.35. The van der Waals surface area contributed by atoms with E-state index in [1.54, 1.807) is 6.07 Å². The Bertz CT molecular complexity index is 354. The van der Waals surface area contributed by atoms with Gasteiger partial charge < -0.3 is 5.32 Å². The molecule has 1 aliphatic heterocycles. The summed E-state index contributed by atoms with van der Waals surface area (Å²) in [5, 5.41) is 3.68. The minimum absolute atomic E-state index is 0.200. The molecule has 1 nitrogen and oxygen atoms in total. The molecule has 1 aromatic rings. The van der Waals surface area contributed by atoms with Gasteiger partial charge in [-0.2, -0.15) is 0 Å². The van der Waals surface area contributed by atoms with Crippen molar-refractivity contribution in [3.63, 3.8) is 0 Å². The third kappa shape index (κ3) is 4.29. The van der Waals surface area contributed by atoms with Gasteiger partial charge in [-0.1, -0.05) is 31.5 Å². The van der Waals surface area contributed by atoms with Crippen LogP contribution in [0.15, 0.2) is 18.2 Å². The van der Waals surface area contributed by atoms with Crippen LogP contribution in [-0.2, 0) is 6.42 Å². The van der Waals surface area contributed by atoms with E-state index in [1.807, 2.05) is 19.9 Å². The summed E-state index contributed by atoms with van der Waals surface area (Å²) in [7, 11) is 0. The lowest BCUT2D eigenvalue weighted by Crippen LogP contribution is -2.28. The maximum absolute atomic E-state index is 13.2. The lowest BCUT2D eigenvalue weighted by Gasteiger charge is -2.11. The zero-order valence-corrected chi connectivity index (χ0v) is 11.5. The fourth-order valence-corrected chi connectivity index (χ4v) is 2.25. The molecule has 1 fully saturated rings. The van der Waals surface area contributed by atoms with Crippen molar-refractivity contribution >= 4 is 11.6 Å². The molecule has 96 valence electrons. The van der Waals surface area contributed by atoms with E-state index in [9.17, 15) is 4.39 Å². The minimum Gasteiger partial charge on any atom is -0.311 e. The summed E-state index contributed by atoms with van der Waals surface area (Å²) < 4.78 is 13.2. The lowest BCUT2D eigenvalue weighted by molar-refractivity contribution is 0.555. The highest BCUT2D eigenvalue weighted by Crippen LogP contribution is 2.20. The van der Waals surface area contributed by atoms with Crippen molar-refractivity contribution in [3.8, 4) is 0 Å². The van der Waals surface area contributed by atoms with Crippen molar-refractivity contribution in [2.75, 3.05) is 0 Å². The molecule has 0 bridgehead atoms. The van der Waals surface area contributed by atoms with Crippen molar-refractivity contribution in [1.82, 2.24) is 5.32 Å². The molecule has 17 heavy (non-hydrogen) atoms. The molecule has 2 atom stereocenters. The van der Waals surface area contributed by atoms with Gasteiger partial charge >= 0.3 is 0 Å². The molecule has 1 heterocycles. The number of hydrogen-bond donors (Lipinski definition) is 1. The predicted octanol–water partition coefficient (Wildman–Crippen LogP) is 4.19. The summed E-state index contributed by atoms with van der Waals surface area (Å²) in [4.78, 5) is 0. The second-order valence-corrected chi connectivity index (χ2v) is 4.70. The third-order valence-corrected chi connectivity index (χ3v) is 3.24. The fourth-order valence-electron chi connectivity index (χ4n) is 2.13. The van der Waals surface area contributed by atoms with E-state index in [-0.39, 0.29) is 10.8 Å². The average molecular weight is 258 g/mol. The van der Waals surface area contributed by atoms with E-state index < -0.39 is 0 Å². The second kappa shape index (κ2) is 6.97. The van der Waals surface area contributed by atoms with Crippen LogP contribution in [0.3, 0.4) is 0 Å². The predicted molar refractivity (Wildman–Crippen MR) is 72.1 cm³/mol. The highest BCUT2D eigenvalue weighted by molar-refractivity contribution is 6.30. The lowest BCUT2D eigenvalue weighted by atomic mass is 10.0. The summed E-state index contributed by atoms with van der Waals surface area (Å²) in [5.41, 5.74) is 1.02. The summed E-state index contributed by atoms with van der Waals surface area (Å²) in [6, 6.07) is 6.14. The number of halogens is 2. The largest absolute Gasteiger partial charge is 0.311 e. The first-order chi connectivity index (χ1) is 8.15. The van der Waals surface area contributed by atoms with Gasteiger partial charge in [0.05, 0.1) is 5.02 Å². The molecule has 2 unspecified atom stereocenters. The molecule has 1 N–H and O–H groups in total. The van der Waals surface area contributed by atoms with Crippen molar-refractivity contribution < 1.29 is 4.39 Å². The standard InChI is InChI=1S/C12H15ClFN.C2H6/c1-8-2-4-10(15-8)6-9-3-5-11(13)12(14)7-9;1-2/h3,5,7-8,10,15H,2,4,6H2,1H3;1-2H3. The Morgan fingerprint density at radius 2 is 2.06 bits per heavy atom. The van der Waals surface area contributed by atoms with Gasteiger partial charge in [-0.05, 0) is 43.9 Å². The zero-order valence-electron chi connectivity index (χ0n) is 10.8. The van der Waals surface area contributed by atoms with Crippen molar-refractivity contribution in [3.05, 3.63) is 34.6 Å². The summed E-state index contributed by atoms with van der Waals surface area (Å²) in [6.07, 6.45) is 3.27. The van der Waals surface area contributed by atoms with Crippen molar-refractivity contribution in [1.29, 1.82) is 0 Å². The van der Waals surface area contributed by atoms with Crippen LogP contribution < -0.4 is 5.32 Å². The number of nitrogens with one attached hydrogen (secondary N) is 1. The maximum Gasteiger partial charge on any atom is 0.142 e. The van der Waals surface area contributed by atoms with Crippen LogP contribution in [0.25, 0.3) is 0 Å². The monoisotopic (exact) mass is 257 g/mol. The molecule has 0 spiro atoms. The Kier molecular flexibility index (Phi) is 5.93. The van der Waals surface area contributed by atoms with Gasteiger partial charge in [-0.15, -0.1) is 0 Å². The van der Waals surface area contributed by atoms with Crippen LogP contribution in [0.1, 0.15) is 39.2 Å². The summed E-state index contributed by atoms with van der Waals surface area (Å²) in [5.74, 6) is -0.319. The van der Waals surface area contributed by atoms with Gasteiger partial charge in [0.2, 0.25) is 0 Å². The number of hydrogen-bond acceptors (Lipinski definition) is 1. The maximum atomic E-state index is 13.2. The molecule has 1 saturated heterocycles. The Hall–Kier alpha value is -0.600. The molecule has 1 aromatic carbocycles. The molecular weight excluding hydrogens is 237 g/mol. The molecule has 2 rings (SSSR count). The van der Waals surface area contributed by atoms with Crippen LogP contribution in [0.2, 0.25) is 5.02 Å². The SMILES string of the molecule is CC.CC1CCC(Cc2ccc(Cl)c(F)c2)N1. The Morgan fingerprint density at radius 3 is 2.59 bits per heavy atom. The number of benzene rings is 1. The molecule has 0 aliphatic carbocycles. The zero-order chi connectivity index (χ0) is 12.8. The normalized spacial score (nSPS) is 23.1. The highest BCUT2D eigenvalue weighted by Gasteiger charge is 2.20. The molecule has 0 saturated carbocycles. The van der Waals surface area contributed by atoms with Gasteiger partial charge in [-0.25, -0.2) is 4.39 Å². The molecule has 3 heteroatoms. The third-order valence-electron chi connectivity index (χ3n) is 2.93. The van der Waals surface area contributed by atoms with Gasteiger partial charge in [0.1, 0.15) is 5.82 Å². The molecule has 1 aliphatic rings. The molecule has 0 aromatic heterocycles. The smallest absolute Gasteiger partial charge is 0.142 e. The van der Waals surface area contributed by atoms with Gasteiger partial charge in [0.25, 0.3) is 0 Å². The Balaban J connectivity index is 0.000000686. The Labute approximate surface area is 108 Å². The van der Waals surface area contributed by atoms with E-state index in [0.29, 0.717) is 12.1 Å². The van der Waals surface area contributed by atoms with Crippen molar-refractivity contribution in [2.45, 2.75) is 52.1 Å². The van der Waals surface area contributed by atoms with E-state index >= 15 is 0 Å². The topological polar surface area (TPSA) is 12.0 Å². The van der Waals surface area contributed by atoms with Gasteiger partial charge in [-0.3, -0.25) is 0 Å². The van der Waals surface area contributed by atoms with Gasteiger partial charge in [0, 0.05) is 12.1 Å². The second-order valence-electron chi connectivity index (χ2n) is 4.29. The first-order valence-corrected chi connectivity index (χ1v) is 6.73. The molecule has 0 radical (unpaired) electrons. The summed E-state index contributed by atoms with van der Waals surface area (Å²) >= 11 is 5.63. The van der Waals surface area contributed by atoms with E-state index in [1.165, 1.54) is 18.9 Å². The van der Waals surface area contributed by atoms with Crippen molar-refractivity contribution in [2.24, 2.45) is 0 Å². The molecule has 0 amide bonds. The minimum atomic E-state index is -0.319. The molecular formula is C14H21ClFN. The van der Waals surface area contributed by atoms with Crippen LogP contribution >= 0.6 is 11.6 Å². The van der Waals surface area contributed by atoms with E-state index in [0.717, 1.165) is 12.0 Å². The average Bonchev–Trinajstić information content (AvgIpc) is 2.72. The van der Waals surface area contributed by atoms with Gasteiger partial charge in [0.15, 0.2) is 0 Å². The highest BCUT2D eigenvalue weighted by atomic mass is 35.5. The van der Waals surface area contributed by atoms with E-state index in [4.69, 9.17) is 11.6 Å². The first kappa shape index (κ1) is 14.5. The summed E-state index contributed by atoms with van der Waals surface area (Å²) in [6.45, 7) is 6.18. The quantitative estimate of drug-likeness (QED) is 0.838. The fraction of sp³-hybridized carbons (Fsp3) is 0.571. The van der Waals surface area contributed by atoms with Crippen LogP contribution in [0.5, 0.6) is 0 Å². The Morgan fingerprint density at radius 1 is 1.35 bits per heavy atom. The van der Waals surface area contributed by atoms with Crippen LogP contribution in [0.4, 0.5) is 4.39 Å². The van der Waals surface area contributed by atoms with E-state index in [2.05, 4.69) is 12.2 Å². The number of rotatable bonds is 2. The van der Waals surface area contributed by atoms with Crippen LogP contribution in [-0.4, -0.2) is 12.1 Å².